The monoisotopic (exact) mass is 184 g/mol. The van der Waals surface area contributed by atoms with E-state index in [9.17, 15) is 0 Å². The Bertz CT molecular complexity index is 145. The second-order valence-corrected chi connectivity index (χ2v) is 4.68. The summed E-state index contributed by atoms with van der Waals surface area (Å²) >= 11 is 0. The maximum absolute atomic E-state index is 5.66. The molecule has 0 aromatic heterocycles. The Labute approximate surface area is 82.5 Å². The zero-order chi connectivity index (χ0) is 9.84. The highest BCUT2D eigenvalue weighted by Crippen LogP contribution is 2.29. The van der Waals surface area contributed by atoms with Crippen molar-refractivity contribution in [2.24, 2.45) is 17.6 Å². The molecule has 0 spiro atoms. The fourth-order valence-electron chi connectivity index (χ4n) is 2.64. The third-order valence-corrected chi connectivity index (χ3v) is 3.43. The standard InChI is InChI=1S/C11H24N2/c1-9(2)10(6-7-12)11-5-4-8-13(11)3/h9-11H,4-8,12H2,1-3H3. The molecule has 0 radical (unpaired) electrons. The largest absolute Gasteiger partial charge is 0.330 e. The smallest absolute Gasteiger partial charge is 0.0124 e. The minimum absolute atomic E-state index is 0.772. The summed E-state index contributed by atoms with van der Waals surface area (Å²) in [5.74, 6) is 1.58. The summed E-state index contributed by atoms with van der Waals surface area (Å²) in [6.07, 6.45) is 3.93. The summed E-state index contributed by atoms with van der Waals surface area (Å²) in [5, 5.41) is 0. The van der Waals surface area contributed by atoms with Gasteiger partial charge in [0, 0.05) is 6.04 Å². The minimum atomic E-state index is 0.772. The summed E-state index contributed by atoms with van der Waals surface area (Å²) in [5.41, 5.74) is 5.66. The van der Waals surface area contributed by atoms with Crippen LogP contribution in [-0.4, -0.2) is 31.1 Å². The van der Waals surface area contributed by atoms with Crippen LogP contribution in [0.2, 0.25) is 0 Å². The van der Waals surface area contributed by atoms with Crippen molar-refractivity contribution in [2.45, 2.75) is 39.2 Å². The molecule has 2 unspecified atom stereocenters. The van der Waals surface area contributed by atoms with E-state index < -0.39 is 0 Å². The van der Waals surface area contributed by atoms with Gasteiger partial charge in [-0.2, -0.15) is 0 Å². The van der Waals surface area contributed by atoms with E-state index in [-0.39, 0.29) is 0 Å². The predicted octanol–water partition coefficient (Wildman–Crippen LogP) is 1.70. The van der Waals surface area contributed by atoms with Crippen LogP contribution < -0.4 is 5.73 Å². The van der Waals surface area contributed by atoms with Gasteiger partial charge in [-0.3, -0.25) is 0 Å². The van der Waals surface area contributed by atoms with E-state index in [1.165, 1.54) is 25.8 Å². The second-order valence-electron chi connectivity index (χ2n) is 4.68. The fraction of sp³-hybridized carbons (Fsp3) is 1.00. The van der Waals surface area contributed by atoms with Gasteiger partial charge < -0.3 is 10.6 Å². The quantitative estimate of drug-likeness (QED) is 0.720. The molecule has 0 bridgehead atoms. The molecule has 2 atom stereocenters. The van der Waals surface area contributed by atoms with Crippen LogP contribution >= 0.6 is 0 Å². The topological polar surface area (TPSA) is 29.3 Å². The molecule has 1 saturated heterocycles. The minimum Gasteiger partial charge on any atom is -0.330 e. The van der Waals surface area contributed by atoms with Crippen molar-refractivity contribution in [2.75, 3.05) is 20.1 Å². The van der Waals surface area contributed by atoms with E-state index >= 15 is 0 Å². The van der Waals surface area contributed by atoms with Crippen LogP contribution in [-0.2, 0) is 0 Å². The van der Waals surface area contributed by atoms with Crippen LogP contribution in [0.5, 0.6) is 0 Å². The normalized spacial score (nSPS) is 27.0. The van der Waals surface area contributed by atoms with Crippen LogP contribution in [0.4, 0.5) is 0 Å². The Balaban J connectivity index is 2.52. The lowest BCUT2D eigenvalue weighted by Gasteiger charge is -2.31. The van der Waals surface area contributed by atoms with Gasteiger partial charge in [-0.05, 0) is 51.2 Å². The van der Waals surface area contributed by atoms with Crippen molar-refractivity contribution in [3.63, 3.8) is 0 Å². The number of nitrogens with two attached hydrogens (primary N) is 1. The maximum atomic E-state index is 5.66. The number of likely N-dealkylation sites (tertiary alicyclic amines) is 1. The highest BCUT2D eigenvalue weighted by atomic mass is 15.1. The summed E-state index contributed by atoms with van der Waals surface area (Å²) < 4.78 is 0. The number of nitrogens with zero attached hydrogens (tertiary/aromatic N) is 1. The Morgan fingerprint density at radius 1 is 1.46 bits per heavy atom. The van der Waals surface area contributed by atoms with Gasteiger partial charge in [-0.15, -0.1) is 0 Å². The fourth-order valence-corrected chi connectivity index (χ4v) is 2.64. The first kappa shape index (κ1) is 11.0. The Kier molecular flexibility index (Phi) is 4.20. The van der Waals surface area contributed by atoms with Gasteiger partial charge in [-0.1, -0.05) is 13.8 Å². The van der Waals surface area contributed by atoms with Crippen molar-refractivity contribution >= 4 is 0 Å². The van der Waals surface area contributed by atoms with Gasteiger partial charge in [0.15, 0.2) is 0 Å². The molecule has 78 valence electrons. The molecular weight excluding hydrogens is 160 g/mol. The zero-order valence-corrected chi connectivity index (χ0v) is 9.29. The Morgan fingerprint density at radius 2 is 2.15 bits per heavy atom. The zero-order valence-electron chi connectivity index (χ0n) is 9.29. The lowest BCUT2D eigenvalue weighted by atomic mass is 9.84. The van der Waals surface area contributed by atoms with E-state index in [1.807, 2.05) is 0 Å². The highest BCUT2D eigenvalue weighted by molar-refractivity contribution is 4.84. The predicted molar refractivity (Wildman–Crippen MR) is 57.7 cm³/mol. The number of hydrogen-bond acceptors (Lipinski definition) is 2. The van der Waals surface area contributed by atoms with E-state index in [0.29, 0.717) is 0 Å². The third kappa shape index (κ3) is 2.68. The summed E-state index contributed by atoms with van der Waals surface area (Å²) in [6.45, 7) is 6.77. The lowest BCUT2D eigenvalue weighted by molar-refractivity contribution is 0.177. The molecule has 0 saturated carbocycles. The van der Waals surface area contributed by atoms with Crippen LogP contribution in [0, 0.1) is 11.8 Å². The van der Waals surface area contributed by atoms with E-state index in [1.54, 1.807) is 0 Å². The van der Waals surface area contributed by atoms with Gasteiger partial charge in [0.2, 0.25) is 0 Å². The van der Waals surface area contributed by atoms with E-state index in [4.69, 9.17) is 5.73 Å². The van der Waals surface area contributed by atoms with Crippen LogP contribution in [0.1, 0.15) is 33.1 Å². The van der Waals surface area contributed by atoms with Crippen molar-refractivity contribution in [3.8, 4) is 0 Å². The Morgan fingerprint density at radius 3 is 2.54 bits per heavy atom. The molecule has 1 heterocycles. The summed E-state index contributed by atoms with van der Waals surface area (Å²) in [4.78, 5) is 2.51. The molecule has 13 heavy (non-hydrogen) atoms. The van der Waals surface area contributed by atoms with Gasteiger partial charge in [-0.25, -0.2) is 0 Å². The van der Waals surface area contributed by atoms with Crippen molar-refractivity contribution < 1.29 is 0 Å². The van der Waals surface area contributed by atoms with Crippen LogP contribution in [0.25, 0.3) is 0 Å². The molecule has 2 nitrogen and oxygen atoms in total. The van der Waals surface area contributed by atoms with Crippen LogP contribution in [0.15, 0.2) is 0 Å². The SMILES string of the molecule is CC(C)C(CCN)C1CCCN1C. The van der Waals surface area contributed by atoms with Crippen molar-refractivity contribution in [1.29, 1.82) is 0 Å². The van der Waals surface area contributed by atoms with Crippen LogP contribution in [0.3, 0.4) is 0 Å². The molecule has 2 N–H and O–H groups in total. The highest BCUT2D eigenvalue weighted by Gasteiger charge is 2.30. The maximum Gasteiger partial charge on any atom is 0.0124 e. The lowest BCUT2D eigenvalue weighted by Crippen LogP contribution is -2.36. The number of rotatable bonds is 4. The molecule has 0 aromatic carbocycles. The van der Waals surface area contributed by atoms with Crippen molar-refractivity contribution in [1.82, 2.24) is 4.90 Å². The molecule has 2 heteroatoms. The van der Waals surface area contributed by atoms with Gasteiger partial charge >= 0.3 is 0 Å². The van der Waals surface area contributed by atoms with Crippen molar-refractivity contribution in [3.05, 3.63) is 0 Å². The average Bonchev–Trinajstić information content (AvgIpc) is 2.47. The molecule has 1 rings (SSSR count). The van der Waals surface area contributed by atoms with E-state index in [0.717, 1.165) is 24.4 Å². The van der Waals surface area contributed by atoms with Gasteiger partial charge in [0.25, 0.3) is 0 Å². The van der Waals surface area contributed by atoms with E-state index in [2.05, 4.69) is 25.8 Å². The van der Waals surface area contributed by atoms with Gasteiger partial charge in [0.1, 0.15) is 0 Å². The molecule has 1 aliphatic heterocycles. The molecule has 1 aliphatic rings. The summed E-state index contributed by atoms with van der Waals surface area (Å²) in [6, 6.07) is 0.795. The molecule has 0 aliphatic carbocycles. The molecular formula is C11H24N2. The average molecular weight is 184 g/mol. The first-order valence-corrected chi connectivity index (χ1v) is 5.57. The third-order valence-electron chi connectivity index (χ3n) is 3.43. The first-order valence-electron chi connectivity index (χ1n) is 5.57. The summed E-state index contributed by atoms with van der Waals surface area (Å²) in [7, 11) is 2.25. The molecule has 0 aromatic rings. The number of hydrogen-bond donors (Lipinski definition) is 1. The molecule has 1 fully saturated rings. The molecule has 0 amide bonds. The van der Waals surface area contributed by atoms with Gasteiger partial charge in [0.05, 0.1) is 0 Å². The second kappa shape index (κ2) is 4.97. The Hall–Kier alpha value is -0.0800. The first-order chi connectivity index (χ1) is 6.16.